The topological polar surface area (TPSA) is 30.5 Å². The zero-order valence-electron chi connectivity index (χ0n) is 12.3. The maximum absolute atomic E-state index is 6.07. The molecule has 20 heavy (non-hydrogen) atoms. The molecular weight excluding hydrogens is 274 g/mol. The van der Waals surface area contributed by atoms with E-state index in [0.29, 0.717) is 19.3 Å². The molecule has 4 heteroatoms. The molecular formula is C16H24ClNO2. The van der Waals surface area contributed by atoms with E-state index in [1.54, 1.807) is 0 Å². The van der Waals surface area contributed by atoms with Crippen molar-refractivity contribution in [2.75, 3.05) is 19.8 Å². The van der Waals surface area contributed by atoms with Crippen molar-refractivity contribution in [1.82, 2.24) is 5.32 Å². The van der Waals surface area contributed by atoms with Crippen LogP contribution in [0.5, 0.6) is 0 Å². The van der Waals surface area contributed by atoms with E-state index in [-0.39, 0.29) is 12.2 Å². The number of halogens is 1. The highest BCUT2D eigenvalue weighted by atomic mass is 35.5. The van der Waals surface area contributed by atoms with Crippen molar-refractivity contribution in [2.45, 2.75) is 44.9 Å². The Morgan fingerprint density at radius 2 is 2.00 bits per heavy atom. The van der Waals surface area contributed by atoms with Gasteiger partial charge in [0.05, 0.1) is 25.4 Å². The minimum Gasteiger partial charge on any atom is -0.376 e. The molecule has 112 valence electrons. The third kappa shape index (κ3) is 5.80. The Labute approximate surface area is 126 Å². The Kier molecular flexibility index (Phi) is 6.30. The summed E-state index contributed by atoms with van der Waals surface area (Å²) < 4.78 is 11.5. The van der Waals surface area contributed by atoms with Gasteiger partial charge in [-0.1, -0.05) is 23.7 Å². The second kappa shape index (κ2) is 7.99. The lowest BCUT2D eigenvalue weighted by molar-refractivity contribution is -0.0131. The van der Waals surface area contributed by atoms with Crippen molar-refractivity contribution < 1.29 is 9.47 Å². The lowest BCUT2D eigenvalue weighted by Crippen LogP contribution is -2.26. The Balaban J connectivity index is 1.85. The van der Waals surface area contributed by atoms with Gasteiger partial charge in [-0.25, -0.2) is 0 Å². The molecule has 0 saturated heterocycles. The van der Waals surface area contributed by atoms with Crippen molar-refractivity contribution in [3.05, 3.63) is 34.9 Å². The summed E-state index contributed by atoms with van der Waals surface area (Å²) >= 11 is 6.07. The first kappa shape index (κ1) is 15.8. The third-order valence-corrected chi connectivity index (χ3v) is 3.48. The van der Waals surface area contributed by atoms with Gasteiger partial charge in [-0.05, 0) is 44.4 Å². The second-order valence-corrected chi connectivity index (χ2v) is 5.95. The molecule has 0 aliphatic heterocycles. The number of hydrogen-bond donors (Lipinski definition) is 1. The molecule has 0 spiro atoms. The van der Waals surface area contributed by atoms with Crippen LogP contribution < -0.4 is 5.32 Å². The molecule has 1 aromatic rings. The first-order valence-corrected chi connectivity index (χ1v) is 7.75. The standard InChI is InChI=1S/C16H24ClNO2/c1-12(2)19-8-9-20-16(11-18-15-6-7-15)13-4-3-5-14(17)10-13/h3-5,10,12,15-16,18H,6-9,11H2,1-2H3. The lowest BCUT2D eigenvalue weighted by atomic mass is 10.1. The van der Waals surface area contributed by atoms with Gasteiger partial charge in [0.15, 0.2) is 0 Å². The fraction of sp³-hybridized carbons (Fsp3) is 0.625. The average molecular weight is 298 g/mol. The lowest BCUT2D eigenvalue weighted by Gasteiger charge is -2.20. The third-order valence-electron chi connectivity index (χ3n) is 3.24. The van der Waals surface area contributed by atoms with Crippen molar-refractivity contribution >= 4 is 11.6 Å². The molecule has 0 amide bonds. The summed E-state index contributed by atoms with van der Waals surface area (Å²) in [4.78, 5) is 0. The van der Waals surface area contributed by atoms with Gasteiger partial charge < -0.3 is 14.8 Å². The fourth-order valence-corrected chi connectivity index (χ4v) is 2.21. The van der Waals surface area contributed by atoms with Crippen LogP contribution in [0, 0.1) is 0 Å². The minimum absolute atomic E-state index is 0.0325. The van der Waals surface area contributed by atoms with E-state index in [1.807, 2.05) is 32.0 Å². The van der Waals surface area contributed by atoms with Crippen LogP contribution in [0.4, 0.5) is 0 Å². The normalized spacial score (nSPS) is 16.6. The highest BCUT2D eigenvalue weighted by Gasteiger charge is 2.22. The van der Waals surface area contributed by atoms with E-state index in [4.69, 9.17) is 21.1 Å². The van der Waals surface area contributed by atoms with Crippen LogP contribution >= 0.6 is 11.6 Å². The van der Waals surface area contributed by atoms with Gasteiger partial charge in [-0.15, -0.1) is 0 Å². The summed E-state index contributed by atoms with van der Waals surface area (Å²) in [5, 5.41) is 4.27. The van der Waals surface area contributed by atoms with Crippen LogP contribution in [0.25, 0.3) is 0 Å². The monoisotopic (exact) mass is 297 g/mol. The molecule has 0 radical (unpaired) electrons. The highest BCUT2D eigenvalue weighted by molar-refractivity contribution is 6.30. The molecule has 1 aromatic carbocycles. The predicted molar refractivity (Wildman–Crippen MR) is 82.3 cm³/mol. The van der Waals surface area contributed by atoms with Crippen molar-refractivity contribution in [3.8, 4) is 0 Å². The van der Waals surface area contributed by atoms with Crippen molar-refractivity contribution in [3.63, 3.8) is 0 Å². The number of ether oxygens (including phenoxy) is 2. The quantitative estimate of drug-likeness (QED) is 0.707. The fourth-order valence-electron chi connectivity index (χ4n) is 2.02. The van der Waals surface area contributed by atoms with Crippen LogP contribution in [0.3, 0.4) is 0 Å². The van der Waals surface area contributed by atoms with Gasteiger partial charge in [0.1, 0.15) is 0 Å². The molecule has 1 atom stereocenters. The molecule has 1 saturated carbocycles. The van der Waals surface area contributed by atoms with E-state index >= 15 is 0 Å². The summed E-state index contributed by atoms with van der Waals surface area (Å²) in [6.45, 7) is 6.11. The molecule has 1 aliphatic rings. The first-order chi connectivity index (χ1) is 9.65. The van der Waals surface area contributed by atoms with Crippen LogP contribution in [0.2, 0.25) is 5.02 Å². The van der Waals surface area contributed by atoms with Crippen LogP contribution in [0.1, 0.15) is 38.4 Å². The summed E-state index contributed by atoms with van der Waals surface area (Å²) in [6.07, 6.45) is 2.83. The van der Waals surface area contributed by atoms with Crippen LogP contribution in [-0.2, 0) is 9.47 Å². The summed E-state index contributed by atoms with van der Waals surface area (Å²) in [5.74, 6) is 0. The summed E-state index contributed by atoms with van der Waals surface area (Å²) in [5.41, 5.74) is 1.12. The largest absolute Gasteiger partial charge is 0.376 e. The number of benzene rings is 1. The average Bonchev–Trinajstić information content (AvgIpc) is 3.21. The maximum Gasteiger partial charge on any atom is 0.0950 e. The zero-order valence-corrected chi connectivity index (χ0v) is 13.0. The maximum atomic E-state index is 6.07. The summed E-state index contributed by atoms with van der Waals surface area (Å²) in [6, 6.07) is 8.57. The molecule has 2 rings (SSSR count). The molecule has 0 heterocycles. The molecule has 1 unspecified atom stereocenters. The Bertz CT molecular complexity index is 407. The summed E-state index contributed by atoms with van der Waals surface area (Å²) in [7, 11) is 0. The molecule has 0 aromatic heterocycles. The van der Waals surface area contributed by atoms with Gasteiger partial charge in [-0.3, -0.25) is 0 Å². The SMILES string of the molecule is CC(C)OCCOC(CNC1CC1)c1cccc(Cl)c1. The number of rotatable bonds is 9. The molecule has 0 bridgehead atoms. The van der Waals surface area contributed by atoms with E-state index in [0.717, 1.165) is 17.1 Å². The molecule has 3 nitrogen and oxygen atoms in total. The van der Waals surface area contributed by atoms with E-state index in [9.17, 15) is 0 Å². The molecule has 1 fully saturated rings. The van der Waals surface area contributed by atoms with E-state index in [1.165, 1.54) is 12.8 Å². The van der Waals surface area contributed by atoms with Crippen molar-refractivity contribution in [2.24, 2.45) is 0 Å². The number of hydrogen-bond acceptors (Lipinski definition) is 3. The first-order valence-electron chi connectivity index (χ1n) is 7.37. The predicted octanol–water partition coefficient (Wildman–Crippen LogP) is 3.57. The Morgan fingerprint density at radius 1 is 1.25 bits per heavy atom. The van der Waals surface area contributed by atoms with Gasteiger partial charge in [0, 0.05) is 17.6 Å². The minimum atomic E-state index is 0.0325. The van der Waals surface area contributed by atoms with E-state index < -0.39 is 0 Å². The van der Waals surface area contributed by atoms with E-state index in [2.05, 4.69) is 11.4 Å². The van der Waals surface area contributed by atoms with Gasteiger partial charge in [0.2, 0.25) is 0 Å². The molecule has 1 aliphatic carbocycles. The van der Waals surface area contributed by atoms with Crippen molar-refractivity contribution in [1.29, 1.82) is 0 Å². The van der Waals surface area contributed by atoms with Gasteiger partial charge in [-0.2, -0.15) is 0 Å². The second-order valence-electron chi connectivity index (χ2n) is 5.52. The molecule has 1 N–H and O–H groups in total. The Morgan fingerprint density at radius 3 is 2.65 bits per heavy atom. The highest BCUT2D eigenvalue weighted by Crippen LogP contribution is 2.23. The zero-order chi connectivity index (χ0) is 14.4. The van der Waals surface area contributed by atoms with Gasteiger partial charge >= 0.3 is 0 Å². The van der Waals surface area contributed by atoms with Gasteiger partial charge in [0.25, 0.3) is 0 Å². The smallest absolute Gasteiger partial charge is 0.0950 e. The Hall–Kier alpha value is -0.610. The van der Waals surface area contributed by atoms with Crippen LogP contribution in [0.15, 0.2) is 24.3 Å². The van der Waals surface area contributed by atoms with Crippen LogP contribution in [-0.4, -0.2) is 31.9 Å². The number of nitrogens with one attached hydrogen (secondary N) is 1.